The Morgan fingerprint density at radius 3 is 2.71 bits per heavy atom. The van der Waals surface area contributed by atoms with Gasteiger partial charge in [0.15, 0.2) is 0 Å². The zero-order valence-electron chi connectivity index (χ0n) is 11.3. The minimum atomic E-state index is 0.388. The van der Waals surface area contributed by atoms with Gasteiger partial charge in [-0.25, -0.2) is 0 Å². The van der Waals surface area contributed by atoms with Crippen LogP contribution in [0.25, 0.3) is 0 Å². The maximum Gasteiger partial charge on any atom is 0.107 e. The standard InChI is InChI=1S/C15H14BrClN2S2/c1-2-21-13-5-3-4-12(14(13)15(18)20)19-11-7-6-9(17)8-10(11)16/h3-8,19H,2H2,1H3,(H2,18,20). The molecule has 2 aromatic rings. The van der Waals surface area contributed by atoms with Crippen molar-refractivity contribution in [3.63, 3.8) is 0 Å². The van der Waals surface area contributed by atoms with E-state index in [0.29, 0.717) is 10.0 Å². The molecule has 0 atom stereocenters. The lowest BCUT2D eigenvalue weighted by molar-refractivity contribution is 1.38. The van der Waals surface area contributed by atoms with E-state index in [4.69, 9.17) is 29.6 Å². The van der Waals surface area contributed by atoms with Crippen molar-refractivity contribution in [1.29, 1.82) is 0 Å². The van der Waals surface area contributed by atoms with Gasteiger partial charge in [-0.05, 0) is 52.0 Å². The minimum absolute atomic E-state index is 0.388. The lowest BCUT2D eigenvalue weighted by atomic mass is 10.1. The van der Waals surface area contributed by atoms with Crippen LogP contribution in [0.1, 0.15) is 12.5 Å². The zero-order valence-corrected chi connectivity index (χ0v) is 15.3. The van der Waals surface area contributed by atoms with Crippen molar-refractivity contribution >= 4 is 67.9 Å². The number of nitrogens with two attached hydrogens (primary N) is 1. The van der Waals surface area contributed by atoms with Crippen LogP contribution in [-0.4, -0.2) is 10.7 Å². The average Bonchev–Trinajstić information content (AvgIpc) is 2.42. The van der Waals surface area contributed by atoms with Crippen molar-refractivity contribution in [2.45, 2.75) is 11.8 Å². The van der Waals surface area contributed by atoms with E-state index in [1.54, 1.807) is 11.8 Å². The van der Waals surface area contributed by atoms with Crippen molar-refractivity contribution < 1.29 is 0 Å². The molecule has 0 aliphatic rings. The van der Waals surface area contributed by atoms with Gasteiger partial charge >= 0.3 is 0 Å². The molecule has 0 amide bonds. The molecule has 0 aromatic heterocycles. The Bertz CT molecular complexity index is 677. The fourth-order valence-corrected chi connectivity index (χ4v) is 3.82. The molecule has 0 aliphatic carbocycles. The van der Waals surface area contributed by atoms with E-state index < -0.39 is 0 Å². The number of halogens is 2. The van der Waals surface area contributed by atoms with Crippen molar-refractivity contribution in [3.8, 4) is 0 Å². The Morgan fingerprint density at radius 2 is 2.10 bits per heavy atom. The molecule has 2 nitrogen and oxygen atoms in total. The summed E-state index contributed by atoms with van der Waals surface area (Å²) in [7, 11) is 0. The molecular formula is C15H14BrClN2S2. The molecule has 3 N–H and O–H groups in total. The van der Waals surface area contributed by atoms with Gasteiger partial charge in [0, 0.05) is 25.6 Å². The fraction of sp³-hybridized carbons (Fsp3) is 0.133. The Balaban J connectivity index is 2.43. The fourth-order valence-electron chi connectivity index (χ4n) is 1.90. The molecule has 0 spiro atoms. The predicted molar refractivity (Wildman–Crippen MR) is 101 cm³/mol. The largest absolute Gasteiger partial charge is 0.389 e. The second kappa shape index (κ2) is 7.49. The second-order valence-corrected chi connectivity index (χ2v) is 7.26. The summed E-state index contributed by atoms with van der Waals surface area (Å²) in [5.74, 6) is 0.962. The smallest absolute Gasteiger partial charge is 0.107 e. The number of benzene rings is 2. The van der Waals surface area contributed by atoms with Crippen LogP contribution in [0.4, 0.5) is 11.4 Å². The van der Waals surface area contributed by atoms with Crippen LogP contribution in [0.15, 0.2) is 45.8 Å². The van der Waals surface area contributed by atoms with Crippen molar-refractivity contribution in [3.05, 3.63) is 51.5 Å². The molecule has 21 heavy (non-hydrogen) atoms. The van der Waals surface area contributed by atoms with Crippen LogP contribution in [0.3, 0.4) is 0 Å². The molecule has 0 unspecified atom stereocenters. The van der Waals surface area contributed by atoms with E-state index in [-0.39, 0.29) is 0 Å². The maximum absolute atomic E-state index is 5.97. The third kappa shape index (κ3) is 4.13. The van der Waals surface area contributed by atoms with Gasteiger partial charge in [0.1, 0.15) is 4.99 Å². The molecule has 0 fully saturated rings. The van der Waals surface area contributed by atoms with Crippen LogP contribution in [0.2, 0.25) is 5.02 Å². The molecule has 0 saturated heterocycles. The molecule has 0 radical (unpaired) electrons. The number of rotatable bonds is 5. The minimum Gasteiger partial charge on any atom is -0.389 e. The highest BCUT2D eigenvalue weighted by atomic mass is 79.9. The highest BCUT2D eigenvalue weighted by Crippen LogP contribution is 2.33. The number of hydrogen-bond donors (Lipinski definition) is 2. The lowest BCUT2D eigenvalue weighted by Crippen LogP contribution is -2.13. The van der Waals surface area contributed by atoms with Crippen LogP contribution in [0.5, 0.6) is 0 Å². The Hall–Kier alpha value is -0.750. The molecule has 0 bridgehead atoms. The monoisotopic (exact) mass is 400 g/mol. The van der Waals surface area contributed by atoms with E-state index in [1.165, 1.54) is 0 Å². The van der Waals surface area contributed by atoms with Crippen LogP contribution >= 0.6 is 51.5 Å². The summed E-state index contributed by atoms with van der Waals surface area (Å²) in [5, 5.41) is 4.04. The maximum atomic E-state index is 5.97. The van der Waals surface area contributed by atoms with Gasteiger partial charge in [0.05, 0.1) is 5.69 Å². The number of anilines is 2. The number of thioether (sulfide) groups is 1. The highest BCUT2D eigenvalue weighted by molar-refractivity contribution is 9.10. The number of hydrogen-bond acceptors (Lipinski definition) is 3. The van der Waals surface area contributed by atoms with E-state index >= 15 is 0 Å². The van der Waals surface area contributed by atoms with Gasteiger partial charge in [0.2, 0.25) is 0 Å². The molecule has 0 heterocycles. The van der Waals surface area contributed by atoms with Gasteiger partial charge in [0.25, 0.3) is 0 Å². The van der Waals surface area contributed by atoms with Gasteiger partial charge in [-0.3, -0.25) is 0 Å². The second-order valence-electron chi connectivity index (χ2n) is 4.23. The van der Waals surface area contributed by atoms with Crippen molar-refractivity contribution in [1.82, 2.24) is 0 Å². The molecular weight excluding hydrogens is 388 g/mol. The van der Waals surface area contributed by atoms with Crippen molar-refractivity contribution in [2.75, 3.05) is 11.1 Å². The Morgan fingerprint density at radius 1 is 1.33 bits per heavy atom. The quantitative estimate of drug-likeness (QED) is 0.506. The predicted octanol–water partition coefficient (Wildman–Crippen LogP) is 5.59. The Kier molecular flexibility index (Phi) is 5.93. The van der Waals surface area contributed by atoms with Crippen LogP contribution in [0, 0.1) is 0 Å². The average molecular weight is 402 g/mol. The Labute approximate surface area is 147 Å². The number of nitrogens with one attached hydrogen (secondary N) is 1. The summed E-state index contributed by atoms with van der Waals surface area (Å²) in [6.07, 6.45) is 0. The topological polar surface area (TPSA) is 38.0 Å². The van der Waals surface area contributed by atoms with Crippen LogP contribution in [-0.2, 0) is 0 Å². The third-order valence-electron chi connectivity index (χ3n) is 2.77. The molecule has 0 saturated carbocycles. The SMILES string of the molecule is CCSc1cccc(Nc2ccc(Cl)cc2Br)c1C(N)=S. The first-order chi connectivity index (χ1) is 10.0. The zero-order chi connectivity index (χ0) is 15.4. The summed E-state index contributed by atoms with van der Waals surface area (Å²) < 4.78 is 0.887. The van der Waals surface area contributed by atoms with Crippen LogP contribution < -0.4 is 11.1 Å². The van der Waals surface area contributed by atoms with E-state index in [2.05, 4.69) is 28.2 Å². The summed E-state index contributed by atoms with van der Waals surface area (Å²) >= 11 is 16.4. The van der Waals surface area contributed by atoms with Gasteiger partial charge in [-0.2, -0.15) is 0 Å². The van der Waals surface area contributed by atoms with Gasteiger partial charge in [-0.15, -0.1) is 11.8 Å². The first-order valence-electron chi connectivity index (χ1n) is 6.30. The summed E-state index contributed by atoms with van der Waals surface area (Å²) in [6, 6.07) is 11.6. The first-order valence-corrected chi connectivity index (χ1v) is 8.87. The molecule has 2 rings (SSSR count). The van der Waals surface area contributed by atoms with E-state index in [9.17, 15) is 0 Å². The molecule has 0 aliphatic heterocycles. The van der Waals surface area contributed by atoms with Crippen molar-refractivity contribution in [2.24, 2.45) is 5.73 Å². The molecule has 6 heteroatoms. The van der Waals surface area contributed by atoms with Gasteiger partial charge in [-0.1, -0.05) is 36.8 Å². The van der Waals surface area contributed by atoms with E-state index in [0.717, 1.165) is 32.1 Å². The third-order valence-corrected chi connectivity index (χ3v) is 4.81. The van der Waals surface area contributed by atoms with Gasteiger partial charge < -0.3 is 11.1 Å². The molecule has 2 aromatic carbocycles. The first kappa shape index (κ1) is 16.6. The van der Waals surface area contributed by atoms with E-state index in [1.807, 2.05) is 36.4 Å². The lowest BCUT2D eigenvalue weighted by Gasteiger charge is -2.16. The number of thiocarbonyl (C=S) groups is 1. The summed E-state index contributed by atoms with van der Waals surface area (Å²) in [4.78, 5) is 1.47. The summed E-state index contributed by atoms with van der Waals surface area (Å²) in [6.45, 7) is 2.10. The molecule has 110 valence electrons. The highest BCUT2D eigenvalue weighted by Gasteiger charge is 2.12. The summed E-state index contributed by atoms with van der Waals surface area (Å²) in [5.41, 5.74) is 8.59. The normalized spacial score (nSPS) is 10.4.